The second-order valence-corrected chi connectivity index (χ2v) is 5.34. The van der Waals surface area contributed by atoms with Crippen LogP contribution in [0.2, 0.25) is 0 Å². The zero-order chi connectivity index (χ0) is 11.4. The van der Waals surface area contributed by atoms with Gasteiger partial charge in [0.2, 0.25) is 0 Å². The molecule has 1 atom stereocenters. The van der Waals surface area contributed by atoms with E-state index in [-0.39, 0.29) is 12.0 Å². The number of likely N-dealkylation sites (tertiary alicyclic amines) is 1. The molecule has 0 amide bonds. The lowest BCUT2D eigenvalue weighted by molar-refractivity contribution is -0.129. The average molecular weight is 211 g/mol. The Morgan fingerprint density at radius 1 is 1.00 bits per heavy atom. The molecule has 0 bridgehead atoms. The van der Waals surface area contributed by atoms with Gasteiger partial charge >= 0.3 is 0 Å². The van der Waals surface area contributed by atoms with Gasteiger partial charge in [0.1, 0.15) is 0 Å². The zero-order valence-corrected chi connectivity index (χ0v) is 10.6. The first-order valence-corrected chi connectivity index (χ1v) is 6.31. The summed E-state index contributed by atoms with van der Waals surface area (Å²) in [5.74, 6) is 1.03. The normalized spacial score (nSPS) is 20.9. The highest BCUT2D eigenvalue weighted by molar-refractivity contribution is 5.86. The SMILES string of the molecule is CC(C)C(=O)C(C(C)C)N1CCCCC1. The van der Waals surface area contributed by atoms with Crippen LogP contribution >= 0.6 is 0 Å². The van der Waals surface area contributed by atoms with E-state index in [9.17, 15) is 4.79 Å². The molecule has 1 unspecified atom stereocenters. The topological polar surface area (TPSA) is 20.3 Å². The molecular weight excluding hydrogens is 186 g/mol. The third kappa shape index (κ3) is 3.30. The van der Waals surface area contributed by atoms with E-state index in [1.165, 1.54) is 19.3 Å². The smallest absolute Gasteiger partial charge is 0.152 e. The number of hydrogen-bond donors (Lipinski definition) is 0. The first-order valence-electron chi connectivity index (χ1n) is 6.31. The van der Waals surface area contributed by atoms with Crippen molar-refractivity contribution in [3.63, 3.8) is 0 Å². The predicted octanol–water partition coefficient (Wildman–Crippen LogP) is 2.72. The fourth-order valence-corrected chi connectivity index (χ4v) is 2.47. The van der Waals surface area contributed by atoms with Gasteiger partial charge in [0.25, 0.3) is 0 Å². The van der Waals surface area contributed by atoms with Crippen molar-refractivity contribution in [3.05, 3.63) is 0 Å². The number of piperidine rings is 1. The van der Waals surface area contributed by atoms with Crippen LogP contribution in [0, 0.1) is 11.8 Å². The largest absolute Gasteiger partial charge is 0.298 e. The number of Topliss-reactive ketones (excluding diaryl/α,β-unsaturated/α-hetero) is 1. The van der Waals surface area contributed by atoms with Crippen LogP contribution in [0.4, 0.5) is 0 Å². The molecule has 2 heteroatoms. The third-order valence-corrected chi connectivity index (χ3v) is 3.28. The highest BCUT2D eigenvalue weighted by atomic mass is 16.1. The molecule has 1 heterocycles. The standard InChI is InChI=1S/C13H25NO/c1-10(2)12(13(15)11(3)4)14-8-6-5-7-9-14/h10-12H,5-9H2,1-4H3. The number of hydrogen-bond acceptors (Lipinski definition) is 2. The Balaban J connectivity index is 2.67. The van der Waals surface area contributed by atoms with E-state index >= 15 is 0 Å². The molecule has 1 fully saturated rings. The highest BCUT2D eigenvalue weighted by Crippen LogP contribution is 2.20. The van der Waals surface area contributed by atoms with Gasteiger partial charge in [-0.25, -0.2) is 0 Å². The summed E-state index contributed by atoms with van der Waals surface area (Å²) in [6.07, 6.45) is 3.85. The third-order valence-electron chi connectivity index (χ3n) is 3.28. The molecule has 15 heavy (non-hydrogen) atoms. The Kier molecular flexibility index (Phi) is 4.78. The number of rotatable bonds is 4. The van der Waals surface area contributed by atoms with Crippen LogP contribution in [-0.4, -0.2) is 29.8 Å². The molecule has 0 aromatic rings. The first kappa shape index (κ1) is 12.7. The lowest BCUT2D eigenvalue weighted by Crippen LogP contribution is -2.48. The van der Waals surface area contributed by atoms with E-state index in [2.05, 4.69) is 18.7 Å². The van der Waals surface area contributed by atoms with Gasteiger partial charge in [0.05, 0.1) is 6.04 Å². The number of ketones is 1. The minimum absolute atomic E-state index is 0.158. The Morgan fingerprint density at radius 3 is 1.93 bits per heavy atom. The fraction of sp³-hybridized carbons (Fsp3) is 0.923. The van der Waals surface area contributed by atoms with Crippen molar-refractivity contribution < 1.29 is 4.79 Å². The minimum Gasteiger partial charge on any atom is -0.298 e. The summed E-state index contributed by atoms with van der Waals surface area (Å²) < 4.78 is 0. The Bertz CT molecular complexity index is 205. The molecule has 88 valence electrons. The Hall–Kier alpha value is -0.370. The maximum absolute atomic E-state index is 12.1. The first-order chi connectivity index (χ1) is 7.04. The molecule has 0 aromatic carbocycles. The molecule has 1 saturated heterocycles. The molecule has 0 N–H and O–H groups in total. The molecule has 1 aliphatic heterocycles. The Labute approximate surface area is 94.0 Å². The van der Waals surface area contributed by atoms with Gasteiger partial charge in [0.15, 0.2) is 5.78 Å². The molecule has 1 aliphatic rings. The van der Waals surface area contributed by atoms with E-state index in [1.807, 2.05) is 13.8 Å². The summed E-state index contributed by atoms with van der Waals surface area (Å²) in [6.45, 7) is 10.6. The van der Waals surface area contributed by atoms with Crippen LogP contribution in [0.15, 0.2) is 0 Å². The van der Waals surface area contributed by atoms with Gasteiger partial charge in [-0.1, -0.05) is 34.1 Å². The van der Waals surface area contributed by atoms with Crippen LogP contribution in [0.25, 0.3) is 0 Å². The van der Waals surface area contributed by atoms with Gasteiger partial charge in [-0.05, 0) is 31.8 Å². The van der Waals surface area contributed by atoms with Crippen molar-refractivity contribution in [2.45, 2.75) is 53.0 Å². The molecule has 0 radical (unpaired) electrons. The van der Waals surface area contributed by atoms with Gasteiger partial charge in [-0.15, -0.1) is 0 Å². The molecule has 0 aliphatic carbocycles. The highest BCUT2D eigenvalue weighted by Gasteiger charge is 2.30. The summed E-state index contributed by atoms with van der Waals surface area (Å²) in [5, 5.41) is 0. The van der Waals surface area contributed by atoms with E-state index < -0.39 is 0 Å². The van der Waals surface area contributed by atoms with Crippen molar-refractivity contribution >= 4 is 5.78 Å². The average Bonchev–Trinajstić information content (AvgIpc) is 2.18. The molecule has 0 aromatic heterocycles. The molecular formula is C13H25NO. The quantitative estimate of drug-likeness (QED) is 0.712. The summed E-state index contributed by atoms with van der Waals surface area (Å²) in [7, 11) is 0. The van der Waals surface area contributed by atoms with Crippen molar-refractivity contribution in [2.75, 3.05) is 13.1 Å². The maximum Gasteiger partial charge on any atom is 0.152 e. The van der Waals surface area contributed by atoms with E-state index in [0.29, 0.717) is 11.7 Å². The van der Waals surface area contributed by atoms with Crippen LogP contribution in [0.1, 0.15) is 47.0 Å². The van der Waals surface area contributed by atoms with E-state index in [1.54, 1.807) is 0 Å². The summed E-state index contributed by atoms with van der Waals surface area (Å²) in [5.41, 5.74) is 0. The predicted molar refractivity (Wildman–Crippen MR) is 63.9 cm³/mol. The second kappa shape index (κ2) is 5.64. The summed E-state index contributed by atoms with van der Waals surface area (Å²) >= 11 is 0. The second-order valence-electron chi connectivity index (χ2n) is 5.34. The lowest BCUT2D eigenvalue weighted by atomic mass is 9.90. The zero-order valence-electron chi connectivity index (χ0n) is 10.6. The molecule has 0 saturated carbocycles. The van der Waals surface area contributed by atoms with Gasteiger partial charge in [-0.3, -0.25) is 9.69 Å². The number of carbonyl (C=O) groups excluding carboxylic acids is 1. The Morgan fingerprint density at radius 2 is 1.53 bits per heavy atom. The van der Waals surface area contributed by atoms with Crippen LogP contribution in [0.3, 0.4) is 0 Å². The molecule has 1 rings (SSSR count). The van der Waals surface area contributed by atoms with E-state index in [4.69, 9.17) is 0 Å². The monoisotopic (exact) mass is 211 g/mol. The van der Waals surface area contributed by atoms with Gasteiger partial charge < -0.3 is 0 Å². The van der Waals surface area contributed by atoms with Crippen LogP contribution in [0.5, 0.6) is 0 Å². The van der Waals surface area contributed by atoms with Gasteiger partial charge in [-0.2, -0.15) is 0 Å². The number of carbonyl (C=O) groups is 1. The van der Waals surface area contributed by atoms with E-state index in [0.717, 1.165) is 13.1 Å². The van der Waals surface area contributed by atoms with Crippen molar-refractivity contribution in [2.24, 2.45) is 11.8 Å². The minimum atomic E-state index is 0.158. The van der Waals surface area contributed by atoms with Crippen molar-refractivity contribution in [1.82, 2.24) is 4.90 Å². The van der Waals surface area contributed by atoms with Crippen molar-refractivity contribution in [3.8, 4) is 0 Å². The van der Waals surface area contributed by atoms with Gasteiger partial charge in [0, 0.05) is 5.92 Å². The van der Waals surface area contributed by atoms with Crippen molar-refractivity contribution in [1.29, 1.82) is 0 Å². The summed E-state index contributed by atoms with van der Waals surface area (Å²) in [4.78, 5) is 14.5. The fourth-order valence-electron chi connectivity index (χ4n) is 2.47. The van der Waals surface area contributed by atoms with Crippen LogP contribution < -0.4 is 0 Å². The van der Waals surface area contributed by atoms with Crippen LogP contribution in [-0.2, 0) is 4.79 Å². The summed E-state index contributed by atoms with van der Waals surface area (Å²) in [6, 6.07) is 0.158. The molecule has 2 nitrogen and oxygen atoms in total. The number of nitrogens with zero attached hydrogens (tertiary/aromatic N) is 1. The maximum atomic E-state index is 12.1. The molecule has 0 spiro atoms. The lowest BCUT2D eigenvalue weighted by Gasteiger charge is -2.36.